The highest BCUT2D eigenvalue weighted by atomic mass is 16.5. The van der Waals surface area contributed by atoms with Gasteiger partial charge in [-0.25, -0.2) is 0 Å². The van der Waals surface area contributed by atoms with Crippen LogP contribution in [-0.4, -0.2) is 19.2 Å². The van der Waals surface area contributed by atoms with Crippen molar-refractivity contribution in [2.24, 2.45) is 5.84 Å². The summed E-state index contributed by atoms with van der Waals surface area (Å²) in [6, 6.07) is 9.75. The molecule has 106 valence electrons. The van der Waals surface area contributed by atoms with Crippen LogP contribution in [0.2, 0.25) is 0 Å². The average molecular weight is 273 g/mol. The summed E-state index contributed by atoms with van der Waals surface area (Å²) in [4.78, 5) is 4.16. The van der Waals surface area contributed by atoms with E-state index in [0.29, 0.717) is 12.2 Å². The second-order valence-corrected chi connectivity index (χ2v) is 4.39. The van der Waals surface area contributed by atoms with Crippen LogP contribution >= 0.6 is 0 Å². The van der Waals surface area contributed by atoms with Crippen molar-refractivity contribution in [1.29, 1.82) is 0 Å². The molecule has 0 radical (unpaired) electrons. The topological polar surface area (TPSA) is 69.4 Å². The van der Waals surface area contributed by atoms with Crippen molar-refractivity contribution in [2.75, 3.05) is 14.2 Å². The lowest BCUT2D eigenvalue weighted by atomic mass is 10.00. The molecule has 1 aromatic heterocycles. The standard InChI is InChI=1S/C15H19N3O2/c1-19-13-7-12(9-17-10-13)14(18-16)8-11-5-3-4-6-15(11)20-2/h3-7,9-10,14,18H,8,16H2,1-2H3. The lowest BCUT2D eigenvalue weighted by molar-refractivity contribution is 0.404. The van der Waals surface area contributed by atoms with Crippen LogP contribution < -0.4 is 20.7 Å². The number of hydrazine groups is 1. The fourth-order valence-corrected chi connectivity index (χ4v) is 2.10. The summed E-state index contributed by atoms with van der Waals surface area (Å²) in [5, 5.41) is 0. The van der Waals surface area contributed by atoms with Crippen molar-refractivity contribution in [2.45, 2.75) is 12.5 Å². The van der Waals surface area contributed by atoms with E-state index in [2.05, 4.69) is 10.4 Å². The second-order valence-electron chi connectivity index (χ2n) is 4.39. The second kappa shape index (κ2) is 6.88. The van der Waals surface area contributed by atoms with Crippen molar-refractivity contribution in [3.63, 3.8) is 0 Å². The molecule has 5 heteroatoms. The van der Waals surface area contributed by atoms with E-state index in [4.69, 9.17) is 15.3 Å². The number of rotatable bonds is 6. The van der Waals surface area contributed by atoms with Crippen molar-refractivity contribution >= 4 is 0 Å². The number of para-hydroxylation sites is 1. The third-order valence-electron chi connectivity index (χ3n) is 3.19. The minimum atomic E-state index is -0.0612. The number of nitrogens with zero attached hydrogens (tertiary/aromatic N) is 1. The van der Waals surface area contributed by atoms with Crippen LogP contribution in [0, 0.1) is 0 Å². The van der Waals surface area contributed by atoms with Crippen molar-refractivity contribution in [1.82, 2.24) is 10.4 Å². The molecule has 0 saturated heterocycles. The molecule has 0 amide bonds. The Morgan fingerprint density at radius 2 is 2.00 bits per heavy atom. The number of nitrogens with two attached hydrogens (primary N) is 1. The minimum absolute atomic E-state index is 0.0612. The van der Waals surface area contributed by atoms with Gasteiger partial charge in [-0.05, 0) is 29.7 Å². The van der Waals surface area contributed by atoms with Gasteiger partial charge < -0.3 is 9.47 Å². The molecule has 1 atom stereocenters. The zero-order valence-electron chi connectivity index (χ0n) is 11.7. The maximum atomic E-state index is 5.68. The SMILES string of the molecule is COc1cncc(C(Cc2ccccc2OC)NN)c1. The van der Waals surface area contributed by atoms with Crippen LogP contribution in [0.15, 0.2) is 42.7 Å². The Hall–Kier alpha value is -2.11. The van der Waals surface area contributed by atoms with Gasteiger partial charge in [0.25, 0.3) is 0 Å². The molecule has 0 aliphatic carbocycles. The third kappa shape index (κ3) is 3.26. The van der Waals surface area contributed by atoms with E-state index in [-0.39, 0.29) is 6.04 Å². The minimum Gasteiger partial charge on any atom is -0.496 e. The summed E-state index contributed by atoms with van der Waals surface area (Å²) in [7, 11) is 3.28. The first-order valence-electron chi connectivity index (χ1n) is 6.35. The van der Waals surface area contributed by atoms with E-state index in [9.17, 15) is 0 Å². The lowest BCUT2D eigenvalue weighted by Crippen LogP contribution is -2.29. The van der Waals surface area contributed by atoms with E-state index in [1.54, 1.807) is 26.6 Å². The molecule has 0 saturated carbocycles. The van der Waals surface area contributed by atoms with Gasteiger partial charge in [0.2, 0.25) is 0 Å². The summed E-state index contributed by atoms with van der Waals surface area (Å²) in [6.45, 7) is 0. The number of hydrogen-bond acceptors (Lipinski definition) is 5. The highest BCUT2D eigenvalue weighted by Gasteiger charge is 2.14. The molecule has 1 aromatic carbocycles. The van der Waals surface area contributed by atoms with Gasteiger partial charge in [0.1, 0.15) is 11.5 Å². The Morgan fingerprint density at radius 3 is 2.70 bits per heavy atom. The monoisotopic (exact) mass is 273 g/mol. The molecular weight excluding hydrogens is 254 g/mol. The fraction of sp³-hybridized carbons (Fsp3) is 0.267. The summed E-state index contributed by atoms with van der Waals surface area (Å²) in [5.41, 5.74) is 4.87. The van der Waals surface area contributed by atoms with Gasteiger partial charge in [-0.15, -0.1) is 0 Å². The predicted octanol–water partition coefficient (Wildman–Crippen LogP) is 1.85. The molecule has 0 aliphatic heterocycles. The Kier molecular flexibility index (Phi) is 4.92. The Labute approximate surface area is 118 Å². The zero-order chi connectivity index (χ0) is 14.4. The molecule has 1 heterocycles. The van der Waals surface area contributed by atoms with Gasteiger partial charge in [-0.2, -0.15) is 0 Å². The van der Waals surface area contributed by atoms with Crippen LogP contribution in [0.5, 0.6) is 11.5 Å². The third-order valence-corrected chi connectivity index (χ3v) is 3.19. The van der Waals surface area contributed by atoms with Crippen LogP contribution in [0.3, 0.4) is 0 Å². The average Bonchev–Trinajstić information content (AvgIpc) is 2.53. The maximum Gasteiger partial charge on any atom is 0.137 e. The molecule has 2 rings (SSSR count). The smallest absolute Gasteiger partial charge is 0.137 e. The maximum absolute atomic E-state index is 5.68. The van der Waals surface area contributed by atoms with E-state index < -0.39 is 0 Å². The lowest BCUT2D eigenvalue weighted by Gasteiger charge is -2.18. The molecule has 3 N–H and O–H groups in total. The Bertz CT molecular complexity index is 560. The molecule has 0 aliphatic rings. The van der Waals surface area contributed by atoms with Gasteiger partial charge >= 0.3 is 0 Å². The quantitative estimate of drug-likeness (QED) is 0.621. The summed E-state index contributed by atoms with van der Waals surface area (Å²) >= 11 is 0. The molecule has 5 nitrogen and oxygen atoms in total. The first-order chi connectivity index (χ1) is 9.78. The summed E-state index contributed by atoms with van der Waals surface area (Å²) in [6.07, 6.45) is 4.15. The van der Waals surface area contributed by atoms with Crippen LogP contribution in [0.4, 0.5) is 0 Å². The van der Waals surface area contributed by atoms with Crippen molar-refractivity contribution < 1.29 is 9.47 Å². The number of ether oxygens (including phenoxy) is 2. The number of nitrogens with one attached hydrogen (secondary N) is 1. The highest BCUT2D eigenvalue weighted by Crippen LogP contribution is 2.25. The van der Waals surface area contributed by atoms with Gasteiger partial charge in [0.15, 0.2) is 0 Å². The number of benzene rings is 1. The molecule has 0 fully saturated rings. The van der Waals surface area contributed by atoms with Gasteiger partial charge in [0, 0.05) is 6.20 Å². The van der Waals surface area contributed by atoms with E-state index in [1.807, 2.05) is 30.3 Å². The van der Waals surface area contributed by atoms with E-state index in [0.717, 1.165) is 16.9 Å². The van der Waals surface area contributed by atoms with Gasteiger partial charge in [0.05, 0.1) is 26.5 Å². The first-order valence-corrected chi connectivity index (χ1v) is 6.35. The molecule has 0 bridgehead atoms. The van der Waals surface area contributed by atoms with Gasteiger partial charge in [-0.1, -0.05) is 18.2 Å². The fourth-order valence-electron chi connectivity index (χ4n) is 2.10. The number of aromatic nitrogens is 1. The Morgan fingerprint density at radius 1 is 1.20 bits per heavy atom. The number of methoxy groups -OCH3 is 2. The largest absolute Gasteiger partial charge is 0.496 e. The number of pyridine rings is 1. The molecule has 0 spiro atoms. The van der Waals surface area contributed by atoms with Crippen molar-refractivity contribution in [3.05, 3.63) is 53.9 Å². The van der Waals surface area contributed by atoms with Crippen LogP contribution in [0.25, 0.3) is 0 Å². The van der Waals surface area contributed by atoms with Crippen LogP contribution in [0.1, 0.15) is 17.2 Å². The zero-order valence-corrected chi connectivity index (χ0v) is 11.7. The normalized spacial score (nSPS) is 11.9. The summed E-state index contributed by atoms with van der Waals surface area (Å²) < 4.78 is 10.6. The molecule has 2 aromatic rings. The Balaban J connectivity index is 2.24. The van der Waals surface area contributed by atoms with Gasteiger partial charge in [-0.3, -0.25) is 16.3 Å². The predicted molar refractivity (Wildman–Crippen MR) is 77.6 cm³/mol. The molecule has 1 unspecified atom stereocenters. The summed E-state index contributed by atoms with van der Waals surface area (Å²) in [5.74, 6) is 7.24. The first kappa shape index (κ1) is 14.3. The highest BCUT2D eigenvalue weighted by molar-refractivity contribution is 5.35. The van der Waals surface area contributed by atoms with Crippen molar-refractivity contribution in [3.8, 4) is 11.5 Å². The van der Waals surface area contributed by atoms with E-state index >= 15 is 0 Å². The number of hydrogen-bond donors (Lipinski definition) is 2. The van der Waals surface area contributed by atoms with E-state index in [1.165, 1.54) is 0 Å². The molecule has 20 heavy (non-hydrogen) atoms. The molecular formula is C15H19N3O2. The van der Waals surface area contributed by atoms with Crippen LogP contribution in [-0.2, 0) is 6.42 Å².